The van der Waals surface area contributed by atoms with Crippen LogP contribution in [0.25, 0.3) is 33.8 Å². The van der Waals surface area contributed by atoms with Gasteiger partial charge in [0, 0.05) is 5.56 Å². The van der Waals surface area contributed by atoms with E-state index in [2.05, 4.69) is 68.4 Å². The zero-order chi connectivity index (χ0) is 22.4. The van der Waals surface area contributed by atoms with Crippen LogP contribution in [-0.2, 0) is 0 Å². The van der Waals surface area contributed by atoms with E-state index in [-0.39, 0.29) is 0 Å². The lowest BCUT2D eigenvalue weighted by atomic mass is 9.96. The summed E-state index contributed by atoms with van der Waals surface area (Å²) >= 11 is 0. The number of benzene rings is 3. The molecule has 4 rings (SSSR count). The highest BCUT2D eigenvalue weighted by Crippen LogP contribution is 2.36. The average Bonchev–Trinajstić information content (AvgIpc) is 2.75. The predicted molar refractivity (Wildman–Crippen MR) is 109 cm³/mol. The van der Waals surface area contributed by atoms with Crippen molar-refractivity contribution in [2.45, 2.75) is 13.8 Å². The molecule has 0 saturated heterocycles. The van der Waals surface area contributed by atoms with Crippen molar-refractivity contribution in [1.29, 1.82) is 0 Å². The van der Waals surface area contributed by atoms with Crippen LogP contribution in [0.2, 0.25) is 0 Å². The molecule has 0 amide bonds. The summed E-state index contributed by atoms with van der Waals surface area (Å²) < 4.78 is 40.3. The number of rotatable bonds is 3. The molecule has 0 bridgehead atoms. The molecule has 0 unspecified atom stereocenters. The first-order valence-electron chi connectivity index (χ1n) is 9.50. The Morgan fingerprint density at radius 2 is 1.10 bits per heavy atom. The van der Waals surface area contributed by atoms with Gasteiger partial charge in [-0.05, 0) is 43.7 Å². The standard InChI is InChI=1S/C25H21O.ClHO4/c1-18-13-15-20(16-14-18)23-17-24(21-9-5-3-6-10-21)26-25(19(23)2)22-11-7-4-8-12-22;2-1(3,4)5/h3-17H,1-2H3;(H,2,3,4,5)/q+1;/p-1. The molecule has 3 aromatic carbocycles. The molecule has 5 nitrogen and oxygen atoms in total. The Morgan fingerprint density at radius 1 is 0.613 bits per heavy atom. The van der Waals surface area contributed by atoms with Crippen LogP contribution in [0, 0.1) is 24.1 Å². The minimum Gasteiger partial charge on any atom is -0.222 e. The summed E-state index contributed by atoms with van der Waals surface area (Å²) in [6.07, 6.45) is 0. The highest BCUT2D eigenvalue weighted by molar-refractivity contribution is 5.78. The SMILES string of the molecule is Cc1ccc(-c2cc(-c3ccccc3)[o+]c(-c3ccccc3)c2C)cc1.[O-][Cl+3]([O-])([O-])[O-]. The second-order valence-electron chi connectivity index (χ2n) is 6.95. The maximum atomic E-state index is 8.49. The summed E-state index contributed by atoms with van der Waals surface area (Å²) in [5, 5.41) is 0. The van der Waals surface area contributed by atoms with E-state index in [1.165, 1.54) is 16.7 Å². The van der Waals surface area contributed by atoms with E-state index in [1.807, 2.05) is 36.4 Å². The molecule has 0 atom stereocenters. The lowest BCUT2D eigenvalue weighted by Crippen LogP contribution is -2.68. The fraction of sp³-hybridized carbons (Fsp3) is 0.0800. The first kappa shape index (κ1) is 22.6. The molecular formula is C25H21ClO5. The fourth-order valence-corrected chi connectivity index (χ4v) is 3.22. The van der Waals surface area contributed by atoms with Gasteiger partial charge in [0.05, 0.1) is 22.8 Å². The molecule has 1 heterocycles. The second-order valence-corrected chi connectivity index (χ2v) is 7.71. The van der Waals surface area contributed by atoms with Gasteiger partial charge in [0.25, 0.3) is 0 Å². The van der Waals surface area contributed by atoms with Gasteiger partial charge in [-0.25, -0.2) is 23.1 Å². The van der Waals surface area contributed by atoms with Crippen LogP contribution in [0.5, 0.6) is 0 Å². The topological polar surface area (TPSA) is 104 Å². The Bertz CT molecular complexity index is 1120. The van der Waals surface area contributed by atoms with E-state index in [0.29, 0.717) is 0 Å². The molecule has 0 aliphatic heterocycles. The van der Waals surface area contributed by atoms with Gasteiger partial charge in [-0.2, -0.15) is 0 Å². The van der Waals surface area contributed by atoms with Gasteiger partial charge in [0.1, 0.15) is 0 Å². The molecule has 0 aliphatic rings. The first-order valence-corrected chi connectivity index (χ1v) is 10.7. The Labute approximate surface area is 183 Å². The molecular weight excluding hydrogens is 416 g/mol. The summed E-state index contributed by atoms with van der Waals surface area (Å²) in [5.41, 5.74) is 7.00. The van der Waals surface area contributed by atoms with Gasteiger partial charge < -0.3 is 0 Å². The minimum atomic E-state index is -4.94. The van der Waals surface area contributed by atoms with Crippen LogP contribution >= 0.6 is 0 Å². The van der Waals surface area contributed by atoms with Gasteiger partial charge in [0.15, 0.2) is 0 Å². The van der Waals surface area contributed by atoms with E-state index in [9.17, 15) is 0 Å². The molecule has 31 heavy (non-hydrogen) atoms. The van der Waals surface area contributed by atoms with Crippen molar-refractivity contribution in [2.75, 3.05) is 0 Å². The number of hydrogen-bond acceptors (Lipinski definition) is 4. The van der Waals surface area contributed by atoms with Crippen LogP contribution in [0.3, 0.4) is 0 Å². The molecule has 0 saturated carbocycles. The maximum Gasteiger partial charge on any atom is 0.364 e. The molecule has 0 spiro atoms. The van der Waals surface area contributed by atoms with E-state index in [1.54, 1.807) is 0 Å². The maximum absolute atomic E-state index is 8.49. The van der Waals surface area contributed by atoms with Crippen molar-refractivity contribution in [1.82, 2.24) is 0 Å². The van der Waals surface area contributed by atoms with Crippen LogP contribution in [0.1, 0.15) is 11.1 Å². The third-order valence-electron chi connectivity index (χ3n) is 4.69. The molecule has 158 valence electrons. The molecule has 4 aromatic rings. The zero-order valence-electron chi connectivity index (χ0n) is 17.1. The fourth-order valence-electron chi connectivity index (χ4n) is 3.22. The smallest absolute Gasteiger partial charge is 0.222 e. The van der Waals surface area contributed by atoms with Crippen molar-refractivity contribution < 1.29 is 33.3 Å². The summed E-state index contributed by atoms with van der Waals surface area (Å²) in [7, 11) is -4.94. The Kier molecular flexibility index (Phi) is 7.17. The molecule has 0 fully saturated rings. The van der Waals surface area contributed by atoms with Crippen molar-refractivity contribution in [3.63, 3.8) is 0 Å². The Balaban J connectivity index is 0.000000491. The second kappa shape index (κ2) is 9.83. The summed E-state index contributed by atoms with van der Waals surface area (Å²) in [4.78, 5) is 0. The average molecular weight is 437 g/mol. The molecule has 1 aromatic heterocycles. The van der Waals surface area contributed by atoms with E-state index in [4.69, 9.17) is 23.1 Å². The van der Waals surface area contributed by atoms with Gasteiger partial charge in [-0.15, -0.1) is 10.2 Å². The minimum absolute atomic E-state index is 0.880. The third kappa shape index (κ3) is 6.46. The van der Waals surface area contributed by atoms with Crippen LogP contribution in [0.15, 0.2) is 95.4 Å². The highest BCUT2D eigenvalue weighted by Gasteiger charge is 2.24. The Hall–Kier alpha value is -3.06. The lowest BCUT2D eigenvalue weighted by Gasteiger charge is -2.17. The predicted octanol–water partition coefficient (Wildman–Crippen LogP) is 2.42. The van der Waals surface area contributed by atoms with Crippen molar-refractivity contribution >= 4 is 0 Å². The zero-order valence-corrected chi connectivity index (χ0v) is 17.8. The van der Waals surface area contributed by atoms with Gasteiger partial charge >= 0.3 is 11.5 Å². The van der Waals surface area contributed by atoms with Gasteiger partial charge in [-0.1, -0.05) is 66.2 Å². The summed E-state index contributed by atoms with van der Waals surface area (Å²) in [6.45, 7) is 4.25. The van der Waals surface area contributed by atoms with Crippen molar-refractivity contribution in [2.24, 2.45) is 0 Å². The van der Waals surface area contributed by atoms with E-state index in [0.717, 1.165) is 28.2 Å². The lowest BCUT2D eigenvalue weighted by molar-refractivity contribution is -2.00. The first-order chi connectivity index (χ1) is 14.7. The van der Waals surface area contributed by atoms with E-state index >= 15 is 0 Å². The summed E-state index contributed by atoms with van der Waals surface area (Å²) in [6, 6.07) is 31.4. The number of halogens is 1. The third-order valence-corrected chi connectivity index (χ3v) is 4.69. The Morgan fingerprint density at radius 3 is 1.61 bits per heavy atom. The summed E-state index contributed by atoms with van der Waals surface area (Å²) in [5.74, 6) is 1.80. The van der Waals surface area contributed by atoms with Crippen LogP contribution < -0.4 is 18.6 Å². The van der Waals surface area contributed by atoms with Crippen LogP contribution in [-0.4, -0.2) is 0 Å². The molecule has 0 N–H and O–H groups in total. The molecule has 0 radical (unpaired) electrons. The number of hydrogen-bond donors (Lipinski definition) is 0. The van der Waals surface area contributed by atoms with Crippen molar-refractivity contribution in [3.8, 4) is 33.8 Å². The highest BCUT2D eigenvalue weighted by atomic mass is 35.7. The largest absolute Gasteiger partial charge is 0.364 e. The van der Waals surface area contributed by atoms with Gasteiger partial charge in [0.2, 0.25) is 0 Å². The van der Waals surface area contributed by atoms with Crippen LogP contribution in [0.4, 0.5) is 0 Å². The molecule has 6 heteroatoms. The number of aryl methyl sites for hydroxylation is 1. The van der Waals surface area contributed by atoms with Gasteiger partial charge in [-0.3, -0.25) is 0 Å². The molecule has 0 aliphatic carbocycles. The van der Waals surface area contributed by atoms with Crippen molar-refractivity contribution in [3.05, 3.63) is 102 Å². The van der Waals surface area contributed by atoms with E-state index < -0.39 is 10.2 Å². The monoisotopic (exact) mass is 436 g/mol. The normalized spacial score (nSPS) is 10.9. The quantitative estimate of drug-likeness (QED) is 0.459.